The Bertz CT molecular complexity index is 1090. The molecule has 3 aliphatic heterocycles. The smallest absolute Gasteiger partial charge is 0.253 e. The highest BCUT2D eigenvalue weighted by Crippen LogP contribution is 2.39. The van der Waals surface area contributed by atoms with Gasteiger partial charge in [0.1, 0.15) is 5.82 Å². The van der Waals surface area contributed by atoms with Gasteiger partial charge in [-0.05, 0) is 49.6 Å². The normalized spacial score (nSPS) is 17.0. The summed E-state index contributed by atoms with van der Waals surface area (Å²) in [6.07, 6.45) is 1.91. The number of anilines is 1. The van der Waals surface area contributed by atoms with Gasteiger partial charge in [0.2, 0.25) is 0 Å². The maximum atomic E-state index is 13.1. The average molecular weight is 443 g/mol. The molecule has 7 heteroatoms. The molecule has 0 radical (unpaired) electrons. The van der Waals surface area contributed by atoms with E-state index in [1.165, 1.54) is 0 Å². The van der Waals surface area contributed by atoms with Gasteiger partial charge in [-0.2, -0.15) is 0 Å². The maximum Gasteiger partial charge on any atom is 0.253 e. The van der Waals surface area contributed by atoms with E-state index in [2.05, 4.69) is 55.9 Å². The van der Waals surface area contributed by atoms with E-state index in [1.54, 1.807) is 0 Å². The van der Waals surface area contributed by atoms with Crippen LogP contribution in [0.15, 0.2) is 33.6 Å². The lowest BCUT2D eigenvalue weighted by Gasteiger charge is -2.33. The fourth-order valence-electron chi connectivity index (χ4n) is 4.20. The molecule has 27 heavy (non-hydrogen) atoms. The average Bonchev–Trinajstić information content (AvgIpc) is 3.07. The van der Waals surface area contributed by atoms with E-state index in [0.717, 1.165) is 58.3 Å². The summed E-state index contributed by atoms with van der Waals surface area (Å²) in [4.78, 5) is 24.4. The molecule has 5 nitrogen and oxygen atoms in total. The number of imidazole rings is 1. The van der Waals surface area contributed by atoms with Crippen LogP contribution in [0.2, 0.25) is 0 Å². The zero-order chi connectivity index (χ0) is 18.7. The number of H-pyrrole nitrogens is 1. The lowest BCUT2D eigenvalue weighted by molar-refractivity contribution is 0.0930. The second kappa shape index (κ2) is 6.27. The van der Waals surface area contributed by atoms with Crippen LogP contribution in [0.1, 0.15) is 28.8 Å². The van der Waals surface area contributed by atoms with Crippen LogP contribution in [0.5, 0.6) is 0 Å². The number of hydrogen-bond acceptors (Lipinski definition) is 4. The van der Waals surface area contributed by atoms with Crippen molar-refractivity contribution in [3.05, 3.63) is 39.9 Å². The second-order valence-electron chi connectivity index (χ2n) is 7.29. The fourth-order valence-corrected chi connectivity index (χ4v) is 5.06. The standard InChI is InChI=1S/C20H19BrN4OS/c1-10-8-11(21)9-13-18(10)24-19(23-13)16-14-2-3-15(27)17(16)20(26)22-12-4-6-25(14)7-5-12/h2-3,8-9,12,27H,4-7H2,1H3,(H,22,26)(H,23,24). The summed E-state index contributed by atoms with van der Waals surface area (Å²) >= 11 is 8.16. The quantitative estimate of drug-likeness (QED) is 0.492. The lowest BCUT2D eigenvalue weighted by Crippen LogP contribution is -2.43. The molecular formula is C20H19BrN4OS. The number of piperidine rings is 1. The van der Waals surface area contributed by atoms with Gasteiger partial charge in [0, 0.05) is 34.2 Å². The zero-order valence-corrected chi connectivity index (χ0v) is 17.3. The highest BCUT2D eigenvalue weighted by Gasteiger charge is 2.31. The molecule has 3 aromatic rings. The van der Waals surface area contributed by atoms with Gasteiger partial charge in [-0.25, -0.2) is 4.98 Å². The predicted octanol–water partition coefficient (Wildman–Crippen LogP) is 4.30. The Morgan fingerprint density at radius 3 is 2.78 bits per heavy atom. The third-order valence-electron chi connectivity index (χ3n) is 5.54. The molecule has 0 spiro atoms. The number of nitrogens with zero attached hydrogens (tertiary/aromatic N) is 2. The fraction of sp³-hybridized carbons (Fsp3) is 0.300. The molecule has 0 saturated carbocycles. The van der Waals surface area contributed by atoms with E-state index in [4.69, 9.17) is 4.98 Å². The zero-order valence-electron chi connectivity index (χ0n) is 14.8. The van der Waals surface area contributed by atoms with Gasteiger partial charge < -0.3 is 15.2 Å². The van der Waals surface area contributed by atoms with E-state index < -0.39 is 0 Å². The molecule has 1 aromatic heterocycles. The number of amides is 1. The Kier molecular flexibility index (Phi) is 3.98. The number of halogens is 1. The first kappa shape index (κ1) is 17.1. The van der Waals surface area contributed by atoms with Crippen molar-refractivity contribution >= 4 is 51.2 Å². The molecule has 0 aliphatic carbocycles. The number of rotatable bonds is 1. The van der Waals surface area contributed by atoms with Crippen molar-refractivity contribution in [2.24, 2.45) is 0 Å². The molecule has 0 atom stereocenters. The largest absolute Gasteiger partial charge is 0.371 e. The van der Waals surface area contributed by atoms with Gasteiger partial charge in [-0.15, -0.1) is 12.6 Å². The number of hydrogen-bond donors (Lipinski definition) is 3. The van der Waals surface area contributed by atoms with E-state index in [0.29, 0.717) is 16.3 Å². The Labute approximate surface area is 171 Å². The second-order valence-corrected chi connectivity index (χ2v) is 8.69. The van der Waals surface area contributed by atoms with Gasteiger partial charge in [-0.3, -0.25) is 4.79 Å². The lowest BCUT2D eigenvalue weighted by atomic mass is 10.0. The van der Waals surface area contributed by atoms with Crippen LogP contribution in [-0.2, 0) is 0 Å². The van der Waals surface area contributed by atoms with Gasteiger partial charge in [-0.1, -0.05) is 15.9 Å². The minimum Gasteiger partial charge on any atom is -0.371 e. The Morgan fingerprint density at radius 2 is 2.00 bits per heavy atom. The van der Waals surface area contributed by atoms with Crippen LogP contribution in [0.4, 0.5) is 5.69 Å². The summed E-state index contributed by atoms with van der Waals surface area (Å²) in [6, 6.07) is 8.27. The number of nitrogens with one attached hydrogen (secondary N) is 2. The number of carbonyl (C=O) groups excluding carboxylic acids is 1. The summed E-state index contributed by atoms with van der Waals surface area (Å²) in [5.41, 5.74) is 5.45. The SMILES string of the molecule is Cc1cc(Br)cc2[nH]c(-c3c4ccc(S)c3C(=O)NC3CCN4CC3)nc12. The van der Waals surface area contributed by atoms with Crippen LogP contribution in [0.3, 0.4) is 0 Å². The van der Waals surface area contributed by atoms with Crippen molar-refractivity contribution in [1.29, 1.82) is 0 Å². The molecule has 2 aromatic carbocycles. The van der Waals surface area contributed by atoms with Crippen LogP contribution in [-0.4, -0.2) is 35.0 Å². The van der Waals surface area contributed by atoms with Gasteiger partial charge >= 0.3 is 0 Å². The first-order valence-corrected chi connectivity index (χ1v) is 10.3. The molecule has 6 rings (SSSR count). The van der Waals surface area contributed by atoms with Gasteiger partial charge in [0.25, 0.3) is 5.91 Å². The van der Waals surface area contributed by atoms with Gasteiger partial charge in [0.05, 0.1) is 22.2 Å². The molecule has 4 heterocycles. The predicted molar refractivity (Wildman–Crippen MR) is 114 cm³/mol. The van der Waals surface area contributed by atoms with Crippen LogP contribution in [0.25, 0.3) is 22.4 Å². The molecule has 1 saturated heterocycles. The molecular weight excluding hydrogens is 424 g/mol. The first-order chi connectivity index (χ1) is 13.0. The Hall–Kier alpha value is -1.99. The van der Waals surface area contributed by atoms with E-state index in [-0.39, 0.29) is 11.9 Å². The number of aromatic nitrogens is 2. The third-order valence-corrected chi connectivity index (χ3v) is 6.37. The van der Waals surface area contributed by atoms with Crippen molar-refractivity contribution < 1.29 is 4.79 Å². The van der Waals surface area contributed by atoms with Crippen molar-refractivity contribution in [1.82, 2.24) is 15.3 Å². The van der Waals surface area contributed by atoms with Crippen LogP contribution < -0.4 is 10.2 Å². The number of aromatic amines is 1. The number of fused-ring (bicyclic) bond motifs is 4. The molecule has 4 bridgehead atoms. The minimum atomic E-state index is -0.0658. The van der Waals surface area contributed by atoms with Gasteiger partial charge in [0.15, 0.2) is 0 Å². The highest BCUT2D eigenvalue weighted by atomic mass is 79.9. The molecule has 138 valence electrons. The molecule has 1 fully saturated rings. The van der Waals surface area contributed by atoms with Crippen LogP contribution >= 0.6 is 28.6 Å². The van der Waals surface area contributed by atoms with Crippen molar-refractivity contribution in [2.75, 3.05) is 18.0 Å². The maximum absolute atomic E-state index is 13.1. The first-order valence-electron chi connectivity index (χ1n) is 9.09. The number of benzene rings is 2. The Balaban J connectivity index is 1.81. The monoisotopic (exact) mass is 442 g/mol. The van der Waals surface area contributed by atoms with Crippen LogP contribution in [0, 0.1) is 6.92 Å². The summed E-state index contributed by atoms with van der Waals surface area (Å²) in [5, 5.41) is 3.20. The van der Waals surface area contributed by atoms with E-state index in [1.807, 2.05) is 19.1 Å². The van der Waals surface area contributed by atoms with Crippen molar-refractivity contribution in [2.45, 2.75) is 30.7 Å². The number of thiol groups is 1. The Morgan fingerprint density at radius 1 is 1.22 bits per heavy atom. The van der Waals surface area contributed by atoms with Crippen molar-refractivity contribution in [3.8, 4) is 11.4 Å². The third kappa shape index (κ3) is 2.75. The molecule has 1 amide bonds. The summed E-state index contributed by atoms with van der Waals surface area (Å²) in [5.74, 6) is 0.650. The summed E-state index contributed by atoms with van der Waals surface area (Å²) in [7, 11) is 0. The molecule has 3 aliphatic rings. The summed E-state index contributed by atoms with van der Waals surface area (Å²) in [6.45, 7) is 3.89. The number of aryl methyl sites for hydroxylation is 1. The van der Waals surface area contributed by atoms with E-state index in [9.17, 15) is 4.79 Å². The molecule has 0 unspecified atom stereocenters. The molecule has 2 N–H and O–H groups in total. The minimum absolute atomic E-state index is 0.0658. The van der Waals surface area contributed by atoms with E-state index >= 15 is 0 Å². The van der Waals surface area contributed by atoms with Crippen molar-refractivity contribution in [3.63, 3.8) is 0 Å². The number of carbonyl (C=O) groups is 1. The highest BCUT2D eigenvalue weighted by molar-refractivity contribution is 9.10. The summed E-state index contributed by atoms with van der Waals surface area (Å²) < 4.78 is 1.00. The topological polar surface area (TPSA) is 61.0 Å².